The van der Waals surface area contributed by atoms with Gasteiger partial charge in [0.1, 0.15) is 0 Å². The minimum absolute atomic E-state index is 0.0244. The van der Waals surface area contributed by atoms with Crippen LogP contribution in [0.5, 0.6) is 0 Å². The zero-order valence-electron chi connectivity index (χ0n) is 11.2. The number of benzene rings is 1. The summed E-state index contributed by atoms with van der Waals surface area (Å²) in [5.41, 5.74) is -0.424. The Morgan fingerprint density at radius 3 is 2.65 bits per heavy atom. The van der Waals surface area contributed by atoms with Crippen LogP contribution in [-0.2, 0) is 15.7 Å². The number of amides is 1. The molecule has 0 heterocycles. The molecule has 0 saturated carbocycles. The van der Waals surface area contributed by atoms with Gasteiger partial charge >= 0.3 is 12.3 Å². The lowest BCUT2D eigenvalue weighted by Gasteiger charge is -2.17. The molecule has 1 aromatic rings. The SMILES string of the molecule is CCOC(=O)NCC(OC)c1cccc(C(F)(F)F)c1. The molecule has 0 aliphatic carbocycles. The average Bonchev–Trinajstić information content (AvgIpc) is 2.39. The molecular formula is C13H16F3NO3. The maximum atomic E-state index is 12.6. The van der Waals surface area contributed by atoms with Crippen LogP contribution in [0.25, 0.3) is 0 Å². The van der Waals surface area contributed by atoms with Crippen molar-refractivity contribution in [2.24, 2.45) is 0 Å². The largest absolute Gasteiger partial charge is 0.450 e. The molecule has 4 nitrogen and oxygen atoms in total. The van der Waals surface area contributed by atoms with Crippen molar-refractivity contribution in [1.82, 2.24) is 5.32 Å². The van der Waals surface area contributed by atoms with Gasteiger partial charge in [-0.15, -0.1) is 0 Å². The molecule has 112 valence electrons. The van der Waals surface area contributed by atoms with Crippen molar-refractivity contribution in [3.63, 3.8) is 0 Å². The first-order chi connectivity index (χ1) is 9.38. The van der Waals surface area contributed by atoms with E-state index in [0.717, 1.165) is 12.1 Å². The second-order valence-corrected chi connectivity index (χ2v) is 3.95. The van der Waals surface area contributed by atoms with E-state index in [4.69, 9.17) is 4.74 Å². The summed E-state index contributed by atoms with van der Waals surface area (Å²) in [5.74, 6) is 0. The van der Waals surface area contributed by atoms with Crippen LogP contribution >= 0.6 is 0 Å². The Morgan fingerprint density at radius 2 is 2.10 bits per heavy atom. The van der Waals surface area contributed by atoms with Gasteiger partial charge in [-0.3, -0.25) is 0 Å². The molecule has 0 aromatic heterocycles. The Kier molecular flexibility index (Phi) is 5.82. The number of alkyl halides is 3. The lowest BCUT2D eigenvalue weighted by molar-refractivity contribution is -0.137. The summed E-state index contributed by atoms with van der Waals surface area (Å²) in [7, 11) is 1.36. The highest BCUT2D eigenvalue weighted by molar-refractivity contribution is 5.67. The van der Waals surface area contributed by atoms with Crippen LogP contribution in [0.1, 0.15) is 24.2 Å². The first-order valence-corrected chi connectivity index (χ1v) is 5.99. The number of nitrogens with one attached hydrogen (secondary N) is 1. The Hall–Kier alpha value is -1.76. The number of hydrogen-bond donors (Lipinski definition) is 1. The fourth-order valence-electron chi connectivity index (χ4n) is 1.61. The van der Waals surface area contributed by atoms with E-state index in [9.17, 15) is 18.0 Å². The summed E-state index contributed by atoms with van der Waals surface area (Å²) in [6, 6.07) is 4.79. The Balaban J connectivity index is 2.77. The van der Waals surface area contributed by atoms with E-state index >= 15 is 0 Å². The second kappa shape index (κ2) is 7.14. The number of methoxy groups -OCH3 is 1. The number of ether oxygens (including phenoxy) is 2. The third-order valence-electron chi connectivity index (χ3n) is 2.58. The predicted octanol–water partition coefficient (Wildman–Crippen LogP) is 3.14. The Bertz CT molecular complexity index is 449. The van der Waals surface area contributed by atoms with E-state index < -0.39 is 23.9 Å². The highest BCUT2D eigenvalue weighted by atomic mass is 19.4. The molecule has 0 aliphatic heterocycles. The summed E-state index contributed by atoms with van der Waals surface area (Å²) in [6.45, 7) is 1.89. The van der Waals surface area contributed by atoms with Crippen LogP contribution in [0, 0.1) is 0 Å². The molecule has 0 bridgehead atoms. The molecule has 0 radical (unpaired) electrons. The maximum absolute atomic E-state index is 12.6. The van der Waals surface area contributed by atoms with E-state index in [2.05, 4.69) is 10.1 Å². The molecule has 1 N–H and O–H groups in total. The van der Waals surface area contributed by atoms with Crippen molar-refractivity contribution in [3.05, 3.63) is 35.4 Å². The zero-order chi connectivity index (χ0) is 15.2. The van der Waals surface area contributed by atoms with E-state index in [1.807, 2.05) is 0 Å². The molecule has 0 saturated heterocycles. The zero-order valence-corrected chi connectivity index (χ0v) is 11.2. The van der Waals surface area contributed by atoms with Gasteiger partial charge < -0.3 is 14.8 Å². The van der Waals surface area contributed by atoms with Crippen molar-refractivity contribution in [3.8, 4) is 0 Å². The summed E-state index contributed by atoms with van der Waals surface area (Å²) >= 11 is 0. The highest BCUT2D eigenvalue weighted by Gasteiger charge is 2.31. The van der Waals surface area contributed by atoms with Gasteiger partial charge in [-0.1, -0.05) is 12.1 Å². The van der Waals surface area contributed by atoms with Crippen LogP contribution in [0.4, 0.5) is 18.0 Å². The van der Waals surface area contributed by atoms with Crippen molar-refractivity contribution in [1.29, 1.82) is 0 Å². The second-order valence-electron chi connectivity index (χ2n) is 3.95. The van der Waals surface area contributed by atoms with Gasteiger partial charge in [-0.25, -0.2) is 4.79 Å². The van der Waals surface area contributed by atoms with Crippen molar-refractivity contribution < 1.29 is 27.4 Å². The number of carbonyl (C=O) groups excluding carboxylic acids is 1. The molecule has 0 spiro atoms. The molecule has 0 aliphatic rings. The number of rotatable bonds is 5. The van der Waals surface area contributed by atoms with E-state index in [0.29, 0.717) is 5.56 Å². The smallest absolute Gasteiger partial charge is 0.416 e. The summed E-state index contributed by atoms with van der Waals surface area (Å²) in [4.78, 5) is 11.2. The van der Waals surface area contributed by atoms with E-state index in [1.54, 1.807) is 6.92 Å². The Labute approximate surface area is 114 Å². The van der Waals surface area contributed by atoms with Crippen molar-refractivity contribution >= 4 is 6.09 Å². The van der Waals surface area contributed by atoms with Gasteiger partial charge in [0.2, 0.25) is 0 Å². The van der Waals surface area contributed by atoms with Gasteiger partial charge in [-0.2, -0.15) is 13.2 Å². The third-order valence-corrected chi connectivity index (χ3v) is 2.58. The normalized spacial score (nSPS) is 12.8. The first kappa shape index (κ1) is 16.3. The molecule has 1 atom stereocenters. The monoisotopic (exact) mass is 291 g/mol. The molecule has 0 fully saturated rings. The molecule has 20 heavy (non-hydrogen) atoms. The van der Waals surface area contributed by atoms with Crippen LogP contribution in [0.2, 0.25) is 0 Å². The molecule has 1 unspecified atom stereocenters. The standard InChI is InChI=1S/C13H16F3NO3/c1-3-20-12(18)17-8-11(19-2)9-5-4-6-10(7-9)13(14,15)16/h4-7,11H,3,8H2,1-2H3,(H,17,18). The lowest BCUT2D eigenvalue weighted by atomic mass is 10.1. The molecular weight excluding hydrogens is 275 g/mol. The van der Waals surface area contributed by atoms with Crippen LogP contribution in [0.15, 0.2) is 24.3 Å². The van der Waals surface area contributed by atoms with Gasteiger partial charge in [0.15, 0.2) is 0 Å². The molecule has 1 aromatic carbocycles. The number of hydrogen-bond acceptors (Lipinski definition) is 3. The fraction of sp³-hybridized carbons (Fsp3) is 0.462. The van der Waals surface area contributed by atoms with Gasteiger partial charge in [-0.05, 0) is 24.6 Å². The van der Waals surface area contributed by atoms with E-state index in [-0.39, 0.29) is 13.2 Å². The minimum Gasteiger partial charge on any atom is -0.450 e. The maximum Gasteiger partial charge on any atom is 0.416 e. The third kappa shape index (κ3) is 4.73. The Morgan fingerprint density at radius 1 is 1.40 bits per heavy atom. The quantitative estimate of drug-likeness (QED) is 0.906. The minimum atomic E-state index is -4.41. The summed E-state index contributed by atoms with van der Waals surface area (Å²) < 4.78 is 47.6. The predicted molar refractivity (Wildman–Crippen MR) is 66.2 cm³/mol. The number of halogens is 3. The molecule has 1 rings (SSSR count). The van der Waals surface area contributed by atoms with Crippen LogP contribution in [0.3, 0.4) is 0 Å². The average molecular weight is 291 g/mol. The first-order valence-electron chi connectivity index (χ1n) is 5.99. The molecule has 7 heteroatoms. The van der Waals surface area contributed by atoms with Gasteiger partial charge in [0.25, 0.3) is 0 Å². The van der Waals surface area contributed by atoms with Gasteiger partial charge in [0, 0.05) is 7.11 Å². The van der Waals surface area contributed by atoms with E-state index in [1.165, 1.54) is 19.2 Å². The fourth-order valence-corrected chi connectivity index (χ4v) is 1.61. The topological polar surface area (TPSA) is 47.6 Å². The summed E-state index contributed by atoms with van der Waals surface area (Å²) in [6.07, 6.45) is -5.73. The molecule has 1 amide bonds. The summed E-state index contributed by atoms with van der Waals surface area (Å²) in [5, 5.41) is 2.42. The lowest BCUT2D eigenvalue weighted by Crippen LogP contribution is -2.29. The van der Waals surface area contributed by atoms with Crippen LogP contribution < -0.4 is 5.32 Å². The van der Waals surface area contributed by atoms with Crippen molar-refractivity contribution in [2.45, 2.75) is 19.2 Å². The number of carbonyl (C=O) groups is 1. The van der Waals surface area contributed by atoms with Crippen molar-refractivity contribution in [2.75, 3.05) is 20.3 Å². The highest BCUT2D eigenvalue weighted by Crippen LogP contribution is 2.31. The van der Waals surface area contributed by atoms with Gasteiger partial charge in [0.05, 0.1) is 24.8 Å². The number of alkyl carbamates (subject to hydrolysis) is 1. The van der Waals surface area contributed by atoms with Crippen LogP contribution in [-0.4, -0.2) is 26.4 Å².